The summed E-state index contributed by atoms with van der Waals surface area (Å²) in [6.45, 7) is 4.72. The van der Waals surface area contributed by atoms with Gasteiger partial charge in [-0.05, 0) is 121 Å². The lowest BCUT2D eigenvalue weighted by atomic mass is 9.82. The first-order valence-corrected chi connectivity index (χ1v) is 22.6. The average Bonchev–Trinajstić information content (AvgIpc) is 3.83. The van der Waals surface area contributed by atoms with Crippen LogP contribution in [-0.2, 0) is 5.41 Å². The van der Waals surface area contributed by atoms with Gasteiger partial charge in [0.2, 0.25) is 0 Å². The smallest absolute Gasteiger partial charge is 0.0465 e. The minimum absolute atomic E-state index is 0.118. The van der Waals surface area contributed by atoms with Gasteiger partial charge in [-0.25, -0.2) is 0 Å². The molecule has 0 unspecified atom stereocenters. The topological polar surface area (TPSA) is 3.24 Å². The minimum atomic E-state index is -0.118. The molecule has 1 aliphatic rings. The summed E-state index contributed by atoms with van der Waals surface area (Å²) in [4.78, 5) is 2.43. The Labute approximate surface area is 372 Å². The van der Waals surface area contributed by atoms with Crippen molar-refractivity contribution in [2.75, 3.05) is 4.90 Å². The van der Waals surface area contributed by atoms with Crippen LogP contribution in [0.15, 0.2) is 224 Å². The Bertz CT molecular complexity index is 3520. The van der Waals surface area contributed by atoms with Crippen molar-refractivity contribution in [3.05, 3.63) is 236 Å². The van der Waals surface area contributed by atoms with E-state index in [1.54, 1.807) is 0 Å². The Hall–Kier alpha value is -7.52. The van der Waals surface area contributed by atoms with Crippen molar-refractivity contribution in [2.45, 2.75) is 19.3 Å². The standard InChI is InChI=1S/C61H43NS/c1-61(2)56-22-12-10-20-52(56)53-35-34-48(39-57(53)61)62(46-30-26-42(27-31-46)50-19-9-8-18-49(50)41-15-4-3-5-16-41)47-32-28-43(29-33-47)51-36-37-55-54-21-11-13-23-58(54)63-60(55)59(51)45-25-24-40-14-6-7-17-44(40)38-45/h3-39H,1-2H3. The summed E-state index contributed by atoms with van der Waals surface area (Å²) >= 11 is 1.90. The van der Waals surface area contributed by atoms with Crippen LogP contribution >= 0.6 is 11.3 Å². The van der Waals surface area contributed by atoms with Crippen LogP contribution in [-0.4, -0.2) is 0 Å². The number of benzene rings is 10. The lowest BCUT2D eigenvalue weighted by Gasteiger charge is -2.28. The van der Waals surface area contributed by atoms with Gasteiger partial charge in [0.25, 0.3) is 0 Å². The molecular weight excluding hydrogens is 779 g/mol. The molecule has 12 rings (SSSR count). The van der Waals surface area contributed by atoms with Crippen molar-refractivity contribution < 1.29 is 0 Å². The van der Waals surface area contributed by atoms with Gasteiger partial charge in [-0.2, -0.15) is 0 Å². The lowest BCUT2D eigenvalue weighted by molar-refractivity contribution is 0.660. The van der Waals surface area contributed by atoms with Gasteiger partial charge in [0.05, 0.1) is 0 Å². The second kappa shape index (κ2) is 14.8. The van der Waals surface area contributed by atoms with Crippen LogP contribution in [0, 0.1) is 0 Å². The highest BCUT2D eigenvalue weighted by Crippen LogP contribution is 2.51. The van der Waals surface area contributed by atoms with E-state index in [0.717, 1.165) is 17.1 Å². The summed E-state index contributed by atoms with van der Waals surface area (Å²) in [5.41, 5.74) is 18.5. The molecule has 0 N–H and O–H groups in total. The molecule has 0 saturated carbocycles. The SMILES string of the molecule is CC1(C)c2ccccc2-c2ccc(N(c3ccc(-c4ccccc4-c4ccccc4)cc3)c3ccc(-c4ccc5c(sc6ccccc65)c4-c4ccc5ccccc5c4)cc3)cc21. The fourth-order valence-electron chi connectivity index (χ4n) is 10.1. The van der Waals surface area contributed by atoms with Gasteiger partial charge in [-0.3, -0.25) is 0 Å². The zero-order valence-corrected chi connectivity index (χ0v) is 36.0. The zero-order valence-electron chi connectivity index (χ0n) is 35.2. The molecule has 11 aromatic rings. The van der Waals surface area contributed by atoms with Gasteiger partial charge in [-0.1, -0.05) is 190 Å². The van der Waals surface area contributed by atoms with Gasteiger partial charge < -0.3 is 4.90 Å². The normalized spacial score (nSPS) is 12.7. The number of hydrogen-bond acceptors (Lipinski definition) is 2. The first-order valence-electron chi connectivity index (χ1n) is 21.8. The summed E-state index contributed by atoms with van der Waals surface area (Å²) in [5, 5.41) is 5.12. The summed E-state index contributed by atoms with van der Waals surface area (Å²) in [5.74, 6) is 0. The quantitative estimate of drug-likeness (QED) is 0.155. The first-order chi connectivity index (χ1) is 31.0. The van der Waals surface area contributed by atoms with Crippen LogP contribution in [0.25, 0.3) is 86.6 Å². The van der Waals surface area contributed by atoms with Crippen LogP contribution in [0.1, 0.15) is 25.0 Å². The molecule has 0 spiro atoms. The third-order valence-electron chi connectivity index (χ3n) is 13.3. The van der Waals surface area contributed by atoms with E-state index < -0.39 is 0 Å². The van der Waals surface area contributed by atoms with E-state index in [4.69, 9.17) is 0 Å². The van der Waals surface area contributed by atoms with Crippen molar-refractivity contribution in [3.63, 3.8) is 0 Å². The Morgan fingerprint density at radius 3 is 1.63 bits per heavy atom. The average molecular weight is 822 g/mol. The molecule has 0 fully saturated rings. The summed E-state index contributed by atoms with van der Waals surface area (Å²) in [6.07, 6.45) is 0. The molecule has 1 aliphatic carbocycles. The van der Waals surface area contributed by atoms with Crippen LogP contribution < -0.4 is 4.90 Å². The number of rotatable bonds is 7. The van der Waals surface area contributed by atoms with Crippen molar-refractivity contribution in [3.8, 4) is 55.6 Å². The van der Waals surface area contributed by atoms with Gasteiger partial charge in [0.15, 0.2) is 0 Å². The second-order valence-corrected chi connectivity index (χ2v) is 18.3. The third kappa shape index (κ3) is 6.21. The summed E-state index contributed by atoms with van der Waals surface area (Å²) < 4.78 is 2.64. The maximum Gasteiger partial charge on any atom is 0.0465 e. The predicted molar refractivity (Wildman–Crippen MR) is 271 cm³/mol. The molecule has 10 aromatic carbocycles. The molecule has 1 heterocycles. The number of nitrogens with zero attached hydrogens (tertiary/aromatic N) is 1. The van der Waals surface area contributed by atoms with Crippen LogP contribution in [0.5, 0.6) is 0 Å². The summed E-state index contributed by atoms with van der Waals surface area (Å²) in [7, 11) is 0. The lowest BCUT2D eigenvalue weighted by Crippen LogP contribution is -2.16. The zero-order chi connectivity index (χ0) is 42.1. The molecule has 1 aromatic heterocycles. The largest absolute Gasteiger partial charge is 0.310 e. The van der Waals surface area contributed by atoms with Crippen molar-refractivity contribution >= 4 is 59.3 Å². The monoisotopic (exact) mass is 821 g/mol. The van der Waals surface area contributed by atoms with E-state index in [0.29, 0.717) is 0 Å². The predicted octanol–water partition coefficient (Wildman–Crippen LogP) is 17.7. The van der Waals surface area contributed by atoms with Gasteiger partial charge in [-0.15, -0.1) is 11.3 Å². The molecule has 0 radical (unpaired) electrons. The highest BCUT2D eigenvalue weighted by molar-refractivity contribution is 7.26. The number of fused-ring (bicyclic) bond motifs is 7. The van der Waals surface area contributed by atoms with E-state index >= 15 is 0 Å². The Morgan fingerprint density at radius 1 is 0.349 bits per heavy atom. The molecule has 2 heteroatoms. The van der Waals surface area contributed by atoms with Crippen molar-refractivity contribution in [1.29, 1.82) is 0 Å². The highest BCUT2D eigenvalue weighted by atomic mass is 32.1. The molecule has 0 amide bonds. The molecule has 1 nitrogen and oxygen atoms in total. The fraction of sp³-hybridized carbons (Fsp3) is 0.0492. The molecule has 0 saturated heterocycles. The van der Waals surface area contributed by atoms with E-state index in [2.05, 4.69) is 243 Å². The maximum absolute atomic E-state index is 2.43. The van der Waals surface area contributed by atoms with Gasteiger partial charge >= 0.3 is 0 Å². The molecule has 298 valence electrons. The number of thiophene rings is 1. The minimum Gasteiger partial charge on any atom is -0.310 e. The summed E-state index contributed by atoms with van der Waals surface area (Å²) in [6, 6.07) is 82.8. The van der Waals surface area contributed by atoms with E-state index in [1.165, 1.54) is 97.7 Å². The molecular formula is C61H43NS. The van der Waals surface area contributed by atoms with E-state index in [-0.39, 0.29) is 5.41 Å². The van der Waals surface area contributed by atoms with E-state index in [9.17, 15) is 0 Å². The molecule has 0 bridgehead atoms. The van der Waals surface area contributed by atoms with Crippen LogP contribution in [0.2, 0.25) is 0 Å². The van der Waals surface area contributed by atoms with Crippen molar-refractivity contribution in [1.82, 2.24) is 0 Å². The third-order valence-corrected chi connectivity index (χ3v) is 14.5. The number of hydrogen-bond donors (Lipinski definition) is 0. The van der Waals surface area contributed by atoms with Crippen LogP contribution in [0.3, 0.4) is 0 Å². The van der Waals surface area contributed by atoms with Gasteiger partial charge in [0, 0.05) is 48.2 Å². The molecule has 63 heavy (non-hydrogen) atoms. The molecule has 0 aliphatic heterocycles. The Balaban J connectivity index is 0.998. The molecule has 0 atom stereocenters. The van der Waals surface area contributed by atoms with Gasteiger partial charge in [0.1, 0.15) is 0 Å². The highest BCUT2D eigenvalue weighted by Gasteiger charge is 2.35. The van der Waals surface area contributed by atoms with E-state index in [1.807, 2.05) is 11.3 Å². The maximum atomic E-state index is 2.43. The number of anilines is 3. The Morgan fingerprint density at radius 2 is 0.889 bits per heavy atom. The van der Waals surface area contributed by atoms with Crippen molar-refractivity contribution in [2.24, 2.45) is 0 Å². The fourth-order valence-corrected chi connectivity index (χ4v) is 11.4. The second-order valence-electron chi connectivity index (χ2n) is 17.3. The van der Waals surface area contributed by atoms with Crippen LogP contribution in [0.4, 0.5) is 17.1 Å². The first kappa shape index (κ1) is 37.3. The Kier molecular flexibility index (Phi) is 8.77.